The molecule has 1 amide bonds. The summed E-state index contributed by atoms with van der Waals surface area (Å²) in [5, 5.41) is 32.3. The highest BCUT2D eigenvalue weighted by atomic mass is 19.4. The molecule has 1 saturated carbocycles. The third-order valence-electron chi connectivity index (χ3n) is 6.51. The van der Waals surface area contributed by atoms with E-state index in [-0.39, 0.29) is 29.8 Å². The van der Waals surface area contributed by atoms with Gasteiger partial charge < -0.3 is 31.9 Å². The number of nitrogens with zero attached hydrogens (tertiary/aromatic N) is 2. The van der Waals surface area contributed by atoms with Crippen molar-refractivity contribution in [2.24, 2.45) is 5.73 Å². The van der Waals surface area contributed by atoms with Crippen LogP contribution in [-0.2, 0) is 16.0 Å². The number of hydrogen-bond acceptors (Lipinski definition) is 7. The zero-order valence-corrected chi connectivity index (χ0v) is 24.9. The zero-order chi connectivity index (χ0) is 35.4. The topological polar surface area (TPSA) is 203 Å². The quantitative estimate of drug-likeness (QED) is 0.107. The fourth-order valence-corrected chi connectivity index (χ4v) is 4.35. The first-order valence-electron chi connectivity index (χ1n) is 14.0. The summed E-state index contributed by atoms with van der Waals surface area (Å²) in [6, 6.07) is 16.1. The number of guanidine groups is 1. The number of aromatic nitrogens is 2. The lowest BCUT2D eigenvalue weighted by atomic mass is 9.90. The summed E-state index contributed by atoms with van der Waals surface area (Å²) < 4.78 is 63.5. The van der Waals surface area contributed by atoms with Crippen molar-refractivity contribution in [3.63, 3.8) is 0 Å². The predicted octanol–water partition coefficient (Wildman–Crippen LogP) is 4.38. The van der Waals surface area contributed by atoms with Crippen molar-refractivity contribution in [3.05, 3.63) is 65.5 Å². The molecule has 1 aliphatic carbocycles. The summed E-state index contributed by atoms with van der Waals surface area (Å²) >= 11 is 0. The van der Waals surface area contributed by atoms with Gasteiger partial charge in [-0.05, 0) is 43.9 Å². The van der Waals surface area contributed by atoms with Crippen molar-refractivity contribution in [3.8, 4) is 0 Å². The van der Waals surface area contributed by atoms with Gasteiger partial charge in [0.15, 0.2) is 5.96 Å². The van der Waals surface area contributed by atoms with Crippen LogP contribution in [0.25, 0.3) is 10.9 Å². The molecule has 12 nitrogen and oxygen atoms in total. The van der Waals surface area contributed by atoms with E-state index in [1.54, 1.807) is 0 Å². The van der Waals surface area contributed by atoms with Crippen LogP contribution in [0.15, 0.2) is 48.5 Å². The fourth-order valence-electron chi connectivity index (χ4n) is 4.35. The van der Waals surface area contributed by atoms with E-state index < -0.39 is 24.3 Å². The van der Waals surface area contributed by atoms with E-state index >= 15 is 0 Å². The van der Waals surface area contributed by atoms with Crippen molar-refractivity contribution in [2.75, 3.05) is 11.9 Å². The Kier molecular flexibility index (Phi) is 13.7. The third-order valence-corrected chi connectivity index (χ3v) is 6.51. The van der Waals surface area contributed by atoms with Crippen LogP contribution in [0.2, 0.25) is 0 Å². The van der Waals surface area contributed by atoms with E-state index in [0.29, 0.717) is 12.4 Å². The van der Waals surface area contributed by atoms with Crippen LogP contribution < -0.4 is 21.7 Å². The van der Waals surface area contributed by atoms with E-state index in [0.717, 1.165) is 54.1 Å². The molecule has 1 aliphatic rings. The number of aliphatic carboxylic acids is 2. The summed E-state index contributed by atoms with van der Waals surface area (Å²) in [7, 11) is 0. The maximum atomic E-state index is 12.9. The Bertz CT molecular complexity index is 1510. The Hall–Kier alpha value is -5.16. The number of aryl methyl sites for hydroxylation is 1. The van der Waals surface area contributed by atoms with Gasteiger partial charge >= 0.3 is 24.3 Å². The van der Waals surface area contributed by atoms with Gasteiger partial charge in [0.1, 0.15) is 5.82 Å². The standard InChI is InChI=1S/C25H31N7O.2C2HF3O2/c1-16-11-12-19-18(15-16)22(30-20-9-5-6-10-21(20)31-25(26)27)32-23(29-19)24(33)28-14-13-17-7-3-2-4-8-17;2*3-2(4,5)1(6)7/h2-4,7-8,11-12,15,20-21H,5-6,9-10,13-14H2,1H3,(H,28,33)(H4,26,27,31)(H,29,30,32);2*(H,6,7). The van der Waals surface area contributed by atoms with Crippen LogP contribution in [0.3, 0.4) is 0 Å². The number of amides is 1. The molecule has 0 saturated heterocycles. The molecule has 18 heteroatoms. The normalized spacial score (nSPS) is 16.0. The van der Waals surface area contributed by atoms with Crippen LogP contribution >= 0.6 is 0 Å². The average molecular weight is 674 g/mol. The summed E-state index contributed by atoms with van der Waals surface area (Å²) in [6.07, 6.45) is -5.40. The van der Waals surface area contributed by atoms with Gasteiger partial charge in [0, 0.05) is 24.0 Å². The molecule has 1 heterocycles. The first kappa shape index (κ1) is 38.0. The summed E-state index contributed by atoms with van der Waals surface area (Å²) in [4.78, 5) is 39.8. The molecule has 47 heavy (non-hydrogen) atoms. The first-order chi connectivity index (χ1) is 21.9. The smallest absolute Gasteiger partial charge is 0.475 e. The van der Waals surface area contributed by atoms with Crippen molar-refractivity contribution in [2.45, 2.75) is 63.5 Å². The van der Waals surface area contributed by atoms with Crippen molar-refractivity contribution in [1.29, 1.82) is 5.41 Å². The first-order valence-corrected chi connectivity index (χ1v) is 14.0. The molecular weight excluding hydrogens is 640 g/mol. The van der Waals surface area contributed by atoms with Crippen LogP contribution in [0.4, 0.5) is 32.2 Å². The minimum absolute atomic E-state index is 0.0319. The van der Waals surface area contributed by atoms with E-state index in [1.807, 2.05) is 55.5 Å². The number of halogens is 6. The second kappa shape index (κ2) is 17.0. The lowest BCUT2D eigenvalue weighted by Gasteiger charge is -2.33. The van der Waals surface area contributed by atoms with E-state index in [1.165, 1.54) is 0 Å². The molecule has 2 unspecified atom stereocenters. The molecule has 1 fully saturated rings. The molecular formula is C29H33F6N7O5. The van der Waals surface area contributed by atoms with Crippen molar-refractivity contribution >= 4 is 40.5 Å². The number of carboxylic acid groups (broad SMARTS) is 2. The molecule has 2 aromatic carbocycles. The molecule has 2 atom stereocenters. The Morgan fingerprint density at radius 2 is 1.47 bits per heavy atom. The van der Waals surface area contributed by atoms with Crippen molar-refractivity contribution < 1.29 is 50.9 Å². The monoisotopic (exact) mass is 673 g/mol. The summed E-state index contributed by atoms with van der Waals surface area (Å²) in [5.41, 5.74) is 8.59. The summed E-state index contributed by atoms with van der Waals surface area (Å²) in [5.74, 6) is -5.05. The van der Waals surface area contributed by atoms with Gasteiger partial charge in [-0.1, -0.05) is 54.8 Å². The molecule has 0 radical (unpaired) electrons. The van der Waals surface area contributed by atoms with Gasteiger partial charge in [0.2, 0.25) is 5.82 Å². The molecule has 0 spiro atoms. The highest BCUT2D eigenvalue weighted by molar-refractivity contribution is 5.96. The highest BCUT2D eigenvalue weighted by Gasteiger charge is 2.39. The highest BCUT2D eigenvalue weighted by Crippen LogP contribution is 2.27. The van der Waals surface area contributed by atoms with Crippen LogP contribution in [-0.4, -0.2) is 75.0 Å². The largest absolute Gasteiger partial charge is 0.490 e. The average Bonchev–Trinajstić information content (AvgIpc) is 2.98. The number of rotatable bonds is 7. The van der Waals surface area contributed by atoms with Gasteiger partial charge in [0.05, 0.1) is 5.52 Å². The Morgan fingerprint density at radius 1 is 0.915 bits per heavy atom. The predicted molar refractivity (Wildman–Crippen MR) is 159 cm³/mol. The molecule has 0 aliphatic heterocycles. The number of benzene rings is 2. The number of alkyl halides is 6. The fraction of sp³-hybridized carbons (Fsp3) is 0.379. The number of carboxylic acids is 2. The maximum Gasteiger partial charge on any atom is 0.490 e. The van der Waals surface area contributed by atoms with Crippen LogP contribution in [0, 0.1) is 12.3 Å². The van der Waals surface area contributed by atoms with Gasteiger partial charge in [-0.3, -0.25) is 10.2 Å². The van der Waals surface area contributed by atoms with E-state index in [9.17, 15) is 31.1 Å². The number of nitrogens with two attached hydrogens (primary N) is 1. The second-order valence-electron chi connectivity index (χ2n) is 10.2. The lowest BCUT2D eigenvalue weighted by Crippen LogP contribution is -2.50. The molecule has 3 aromatic rings. The molecule has 0 bridgehead atoms. The van der Waals surface area contributed by atoms with E-state index in [4.69, 9.17) is 30.9 Å². The third kappa shape index (κ3) is 13.0. The minimum Gasteiger partial charge on any atom is -0.475 e. The second-order valence-corrected chi connectivity index (χ2v) is 10.2. The van der Waals surface area contributed by atoms with Crippen LogP contribution in [0.1, 0.15) is 47.4 Å². The van der Waals surface area contributed by atoms with Gasteiger partial charge in [-0.15, -0.1) is 0 Å². The minimum atomic E-state index is -5.08. The number of hydrogen-bond donors (Lipinski definition) is 7. The number of anilines is 1. The number of carbonyl (C=O) groups excluding carboxylic acids is 1. The van der Waals surface area contributed by atoms with Crippen LogP contribution in [0.5, 0.6) is 0 Å². The molecule has 4 rings (SSSR count). The Labute approximate surface area is 264 Å². The molecule has 1 aromatic heterocycles. The Balaban J connectivity index is 0.000000459. The van der Waals surface area contributed by atoms with Crippen molar-refractivity contribution in [1.82, 2.24) is 20.6 Å². The zero-order valence-electron chi connectivity index (χ0n) is 24.9. The maximum absolute atomic E-state index is 12.9. The number of fused-ring (bicyclic) bond motifs is 1. The number of carbonyl (C=O) groups is 3. The Morgan fingerprint density at radius 3 is 2.00 bits per heavy atom. The SMILES string of the molecule is Cc1ccc2nc(C(=O)NCCc3ccccc3)nc(NC3CCCCC3NC(=N)N)c2c1.O=C(O)C(F)(F)F.O=C(O)C(F)(F)F. The summed E-state index contributed by atoms with van der Waals surface area (Å²) in [6.45, 7) is 2.53. The lowest BCUT2D eigenvalue weighted by molar-refractivity contribution is -0.193. The van der Waals surface area contributed by atoms with Gasteiger partial charge in [-0.2, -0.15) is 26.3 Å². The van der Waals surface area contributed by atoms with Gasteiger partial charge in [-0.25, -0.2) is 19.6 Å². The van der Waals surface area contributed by atoms with E-state index in [2.05, 4.69) is 25.9 Å². The number of nitrogens with one attached hydrogen (secondary N) is 4. The molecule has 8 N–H and O–H groups in total. The molecule has 256 valence electrons. The van der Waals surface area contributed by atoms with Gasteiger partial charge in [0.25, 0.3) is 5.91 Å².